The molecule has 2 aromatic heterocycles. The lowest BCUT2D eigenvalue weighted by molar-refractivity contribution is 0.0944. The van der Waals surface area contributed by atoms with Crippen LogP contribution in [-0.2, 0) is 6.54 Å². The number of piperazine rings is 1. The van der Waals surface area contributed by atoms with Crippen molar-refractivity contribution in [3.8, 4) is 10.6 Å². The molecule has 0 spiro atoms. The normalized spacial score (nSPS) is 15.3. The lowest BCUT2D eigenvalue weighted by Gasteiger charge is -2.32. The number of hydrogen-bond donors (Lipinski definition) is 2. The average molecular weight is 513 g/mol. The van der Waals surface area contributed by atoms with Crippen molar-refractivity contribution in [2.75, 3.05) is 38.5 Å². The minimum Gasteiger partial charge on any atom is -0.345 e. The molecule has 0 saturated carbocycles. The molecule has 5 rings (SSSR count). The van der Waals surface area contributed by atoms with Gasteiger partial charge in [0, 0.05) is 44.6 Å². The van der Waals surface area contributed by atoms with E-state index < -0.39 is 0 Å². The fourth-order valence-corrected chi connectivity index (χ4v) is 5.27. The van der Waals surface area contributed by atoms with Crippen LogP contribution in [0, 0.1) is 0 Å². The van der Waals surface area contributed by atoms with E-state index >= 15 is 0 Å². The van der Waals surface area contributed by atoms with Gasteiger partial charge in [0.2, 0.25) is 5.95 Å². The van der Waals surface area contributed by atoms with Gasteiger partial charge < -0.3 is 15.5 Å². The summed E-state index contributed by atoms with van der Waals surface area (Å²) in [5.41, 5.74) is 4.09. The number of nitrogens with one attached hydrogen (secondary N) is 2. The van der Waals surface area contributed by atoms with Crippen LogP contribution in [0.4, 0.5) is 11.6 Å². The molecule has 3 heterocycles. The van der Waals surface area contributed by atoms with Crippen molar-refractivity contribution in [3.63, 3.8) is 0 Å². The van der Waals surface area contributed by atoms with Gasteiger partial charge in [-0.1, -0.05) is 42.5 Å². The summed E-state index contributed by atoms with van der Waals surface area (Å²) in [5.74, 6) is 0.448. The van der Waals surface area contributed by atoms with Crippen molar-refractivity contribution in [1.82, 2.24) is 25.1 Å². The highest BCUT2D eigenvalue weighted by molar-refractivity contribution is 7.17. The number of carbonyl (C=O) groups excluding carboxylic acids is 1. The molecule has 8 heteroatoms. The molecular formula is C29H32N6OS. The van der Waals surface area contributed by atoms with Gasteiger partial charge in [-0.15, -0.1) is 11.3 Å². The molecule has 1 fully saturated rings. The van der Waals surface area contributed by atoms with Crippen LogP contribution in [0.2, 0.25) is 0 Å². The van der Waals surface area contributed by atoms with Crippen LogP contribution >= 0.6 is 11.3 Å². The van der Waals surface area contributed by atoms with Crippen LogP contribution in [0.5, 0.6) is 0 Å². The monoisotopic (exact) mass is 512 g/mol. The van der Waals surface area contributed by atoms with E-state index in [2.05, 4.69) is 50.7 Å². The maximum Gasteiger partial charge on any atom is 0.261 e. The van der Waals surface area contributed by atoms with Gasteiger partial charge in [-0.25, -0.2) is 9.97 Å². The Morgan fingerprint density at radius 1 is 1.00 bits per heavy atom. The van der Waals surface area contributed by atoms with Crippen LogP contribution in [0.3, 0.4) is 0 Å². The van der Waals surface area contributed by atoms with Crippen molar-refractivity contribution in [3.05, 3.63) is 95.0 Å². The van der Waals surface area contributed by atoms with E-state index in [1.54, 1.807) is 6.20 Å². The van der Waals surface area contributed by atoms with Crippen molar-refractivity contribution >= 4 is 28.9 Å². The van der Waals surface area contributed by atoms with Crippen molar-refractivity contribution < 1.29 is 4.79 Å². The first kappa shape index (κ1) is 25.1. The zero-order chi connectivity index (χ0) is 25.6. The van der Waals surface area contributed by atoms with Crippen molar-refractivity contribution in [2.45, 2.75) is 19.5 Å². The Morgan fingerprint density at radius 2 is 1.81 bits per heavy atom. The summed E-state index contributed by atoms with van der Waals surface area (Å²) in [6.45, 7) is 7.32. The third kappa shape index (κ3) is 6.60. The van der Waals surface area contributed by atoms with Gasteiger partial charge in [0.05, 0.1) is 21.5 Å². The highest BCUT2D eigenvalue weighted by Gasteiger charge is 2.16. The summed E-state index contributed by atoms with van der Waals surface area (Å²) in [7, 11) is 2.17. The molecule has 1 aliphatic heterocycles. The number of amides is 1. The second kappa shape index (κ2) is 11.6. The Labute approximate surface area is 222 Å². The minimum absolute atomic E-state index is 0.0684. The van der Waals surface area contributed by atoms with E-state index in [-0.39, 0.29) is 11.9 Å². The second-order valence-corrected chi connectivity index (χ2v) is 10.5. The smallest absolute Gasteiger partial charge is 0.261 e. The van der Waals surface area contributed by atoms with Crippen LogP contribution in [0.15, 0.2) is 79.0 Å². The standard InChI is InChI=1S/C29H32N6OS/c1-21(23-8-4-3-5-9-23)31-28(36)27-12-11-26(37-27)25-13-14-30-29(33-25)32-24-10-6-7-22(19-24)20-35-17-15-34(2)16-18-35/h3-14,19,21H,15-18,20H2,1-2H3,(H,31,36)(H,30,32,33)/t21-/m1/s1. The molecule has 1 atom stereocenters. The van der Waals surface area contributed by atoms with Crippen LogP contribution in [0.1, 0.15) is 33.8 Å². The van der Waals surface area contributed by atoms with E-state index in [1.165, 1.54) is 16.9 Å². The molecule has 1 saturated heterocycles. The number of anilines is 2. The number of thiophene rings is 1. The number of hydrogen-bond acceptors (Lipinski definition) is 7. The average Bonchev–Trinajstić information content (AvgIpc) is 3.42. The molecule has 2 N–H and O–H groups in total. The maximum absolute atomic E-state index is 12.8. The van der Waals surface area contributed by atoms with E-state index in [0.29, 0.717) is 10.8 Å². The lowest BCUT2D eigenvalue weighted by atomic mass is 10.1. The maximum atomic E-state index is 12.8. The summed E-state index contributed by atoms with van der Waals surface area (Å²) in [6, 6.07) is 24.0. The van der Waals surface area contributed by atoms with E-state index in [9.17, 15) is 4.79 Å². The van der Waals surface area contributed by atoms with Crippen molar-refractivity contribution in [1.29, 1.82) is 0 Å². The van der Waals surface area contributed by atoms with Gasteiger partial charge >= 0.3 is 0 Å². The quantitative estimate of drug-likeness (QED) is 0.339. The summed E-state index contributed by atoms with van der Waals surface area (Å²) >= 11 is 1.43. The van der Waals surface area contributed by atoms with Gasteiger partial charge in [-0.2, -0.15) is 0 Å². The Morgan fingerprint density at radius 3 is 2.62 bits per heavy atom. The first-order valence-electron chi connectivity index (χ1n) is 12.6. The number of likely N-dealkylation sites (N-methyl/N-ethyl adjacent to an activating group) is 1. The Balaban J connectivity index is 1.23. The molecule has 0 unspecified atom stereocenters. The van der Waals surface area contributed by atoms with Gasteiger partial charge in [0.1, 0.15) is 0 Å². The summed E-state index contributed by atoms with van der Waals surface area (Å²) < 4.78 is 0. The fraction of sp³-hybridized carbons (Fsp3) is 0.276. The molecule has 4 aromatic rings. The predicted molar refractivity (Wildman–Crippen MR) is 150 cm³/mol. The SMILES string of the molecule is C[C@@H](NC(=O)c1ccc(-c2ccnc(Nc3cccc(CN4CCN(C)CC4)c3)n2)s1)c1ccccc1. The summed E-state index contributed by atoms with van der Waals surface area (Å²) in [4.78, 5) is 28.4. The Bertz CT molecular complexity index is 1330. The first-order valence-corrected chi connectivity index (χ1v) is 13.4. The van der Waals surface area contributed by atoms with Crippen LogP contribution in [-0.4, -0.2) is 58.9 Å². The van der Waals surface area contributed by atoms with Gasteiger partial charge in [-0.05, 0) is 55.4 Å². The molecule has 2 aromatic carbocycles. The zero-order valence-electron chi connectivity index (χ0n) is 21.2. The molecule has 1 aliphatic rings. The van der Waals surface area contributed by atoms with Gasteiger partial charge in [-0.3, -0.25) is 9.69 Å². The topological polar surface area (TPSA) is 73.4 Å². The predicted octanol–water partition coefficient (Wildman–Crippen LogP) is 5.19. The van der Waals surface area contributed by atoms with Crippen LogP contribution < -0.4 is 10.6 Å². The van der Waals surface area contributed by atoms with E-state index in [4.69, 9.17) is 4.98 Å². The minimum atomic E-state index is -0.0860. The number of benzene rings is 2. The molecule has 0 radical (unpaired) electrons. The summed E-state index contributed by atoms with van der Waals surface area (Å²) in [6.07, 6.45) is 1.75. The van der Waals surface area contributed by atoms with Gasteiger partial charge in [0.15, 0.2) is 0 Å². The molecule has 37 heavy (non-hydrogen) atoms. The Kier molecular flexibility index (Phi) is 7.89. The second-order valence-electron chi connectivity index (χ2n) is 9.44. The highest BCUT2D eigenvalue weighted by Crippen LogP contribution is 2.28. The number of carbonyl (C=O) groups is 1. The number of nitrogens with zero attached hydrogens (tertiary/aromatic N) is 4. The lowest BCUT2D eigenvalue weighted by Crippen LogP contribution is -2.43. The van der Waals surface area contributed by atoms with Crippen LogP contribution in [0.25, 0.3) is 10.6 Å². The largest absolute Gasteiger partial charge is 0.345 e. The Hall–Kier alpha value is -3.59. The third-order valence-electron chi connectivity index (χ3n) is 6.57. The summed E-state index contributed by atoms with van der Waals surface area (Å²) in [5, 5.41) is 6.43. The van der Waals surface area contributed by atoms with Gasteiger partial charge in [0.25, 0.3) is 5.91 Å². The van der Waals surface area contributed by atoms with E-state index in [0.717, 1.165) is 54.5 Å². The third-order valence-corrected chi connectivity index (χ3v) is 7.68. The molecule has 0 bridgehead atoms. The molecule has 0 aliphatic carbocycles. The highest BCUT2D eigenvalue weighted by atomic mass is 32.1. The fourth-order valence-electron chi connectivity index (χ4n) is 4.39. The zero-order valence-corrected chi connectivity index (χ0v) is 22.0. The first-order chi connectivity index (χ1) is 18.0. The number of aromatic nitrogens is 2. The molecular weight excluding hydrogens is 480 g/mol. The molecule has 1 amide bonds. The van der Waals surface area contributed by atoms with E-state index in [1.807, 2.05) is 61.5 Å². The number of rotatable bonds is 8. The molecule has 7 nitrogen and oxygen atoms in total. The van der Waals surface area contributed by atoms with Crippen molar-refractivity contribution in [2.24, 2.45) is 0 Å². The molecule has 190 valence electrons.